The predicted octanol–water partition coefficient (Wildman–Crippen LogP) is 3.46. The second kappa shape index (κ2) is 7.14. The molecule has 0 fully saturated rings. The lowest BCUT2D eigenvalue weighted by molar-refractivity contribution is 0.0725. The van der Waals surface area contributed by atoms with E-state index in [4.69, 9.17) is 4.42 Å². The van der Waals surface area contributed by atoms with Gasteiger partial charge in [0.2, 0.25) is 0 Å². The van der Waals surface area contributed by atoms with Crippen LogP contribution in [0.1, 0.15) is 21.7 Å². The number of hydrogen-bond acceptors (Lipinski definition) is 5. The molecule has 0 aliphatic heterocycles. The summed E-state index contributed by atoms with van der Waals surface area (Å²) in [5, 5.41) is 0. The first-order valence-corrected chi connectivity index (χ1v) is 8.22. The van der Waals surface area contributed by atoms with Gasteiger partial charge in [-0.1, -0.05) is 12.1 Å². The van der Waals surface area contributed by atoms with Crippen LogP contribution >= 0.6 is 0 Å². The lowest BCUT2D eigenvalue weighted by Gasteiger charge is -2.22. The highest BCUT2D eigenvalue weighted by atomic mass is 16.3. The maximum atomic E-state index is 13.1. The van der Waals surface area contributed by atoms with Gasteiger partial charge in [-0.25, -0.2) is 0 Å². The molecule has 0 saturated heterocycles. The average molecular weight is 344 g/mol. The van der Waals surface area contributed by atoms with Gasteiger partial charge >= 0.3 is 0 Å². The van der Waals surface area contributed by atoms with Gasteiger partial charge in [-0.05, 0) is 30.3 Å². The zero-order valence-corrected chi connectivity index (χ0v) is 13.9. The zero-order valence-electron chi connectivity index (χ0n) is 13.9. The second-order valence-corrected chi connectivity index (χ2v) is 5.83. The monoisotopic (exact) mass is 344 g/mol. The normalized spacial score (nSPS) is 10.8. The van der Waals surface area contributed by atoms with Gasteiger partial charge in [-0.3, -0.25) is 19.7 Å². The molecule has 26 heavy (non-hydrogen) atoms. The minimum Gasteiger partial charge on any atom is -0.463 e. The molecule has 0 aliphatic carbocycles. The standard InChI is InChI=1S/C20H16N4O2/c25-20(15-11-19-18(23-12-15)7-10-26-19)24(13-16-5-1-3-8-21-16)14-17-6-2-4-9-22-17/h1-12H,13-14H2. The van der Waals surface area contributed by atoms with Crippen LogP contribution in [-0.2, 0) is 13.1 Å². The molecule has 0 aliphatic rings. The molecular weight excluding hydrogens is 328 g/mol. The molecule has 0 saturated carbocycles. The van der Waals surface area contributed by atoms with Gasteiger partial charge in [0.05, 0.1) is 36.3 Å². The van der Waals surface area contributed by atoms with Crippen LogP contribution < -0.4 is 0 Å². The maximum absolute atomic E-state index is 13.1. The summed E-state index contributed by atoms with van der Waals surface area (Å²) in [6, 6.07) is 14.8. The Bertz CT molecular complexity index is 974. The molecule has 0 radical (unpaired) electrons. The van der Waals surface area contributed by atoms with Crippen molar-refractivity contribution in [3.63, 3.8) is 0 Å². The number of aromatic nitrogens is 3. The fourth-order valence-corrected chi connectivity index (χ4v) is 2.72. The van der Waals surface area contributed by atoms with E-state index in [1.54, 1.807) is 41.9 Å². The Morgan fingerprint density at radius 1 is 0.923 bits per heavy atom. The van der Waals surface area contributed by atoms with Crippen molar-refractivity contribution in [1.29, 1.82) is 0 Å². The van der Waals surface area contributed by atoms with Gasteiger partial charge in [0.15, 0.2) is 5.58 Å². The van der Waals surface area contributed by atoms with Crippen molar-refractivity contribution >= 4 is 17.0 Å². The Kier molecular flexibility index (Phi) is 4.38. The summed E-state index contributed by atoms with van der Waals surface area (Å²) in [6.45, 7) is 0.763. The fourth-order valence-electron chi connectivity index (χ4n) is 2.72. The van der Waals surface area contributed by atoms with E-state index < -0.39 is 0 Å². The minimum atomic E-state index is -0.146. The summed E-state index contributed by atoms with van der Waals surface area (Å²) in [4.78, 5) is 27.8. The quantitative estimate of drug-likeness (QED) is 0.554. The molecule has 0 bridgehead atoms. The Morgan fingerprint density at radius 3 is 2.23 bits per heavy atom. The molecule has 6 heteroatoms. The number of fused-ring (bicyclic) bond motifs is 1. The smallest absolute Gasteiger partial charge is 0.256 e. The van der Waals surface area contributed by atoms with E-state index in [2.05, 4.69) is 15.0 Å². The van der Waals surface area contributed by atoms with Crippen molar-refractivity contribution < 1.29 is 9.21 Å². The predicted molar refractivity (Wildman–Crippen MR) is 96.1 cm³/mol. The summed E-state index contributed by atoms with van der Waals surface area (Å²) in [5.74, 6) is -0.146. The van der Waals surface area contributed by atoms with Crippen molar-refractivity contribution in [2.45, 2.75) is 13.1 Å². The van der Waals surface area contributed by atoms with Crippen LogP contribution in [0, 0.1) is 0 Å². The first kappa shape index (κ1) is 16.0. The van der Waals surface area contributed by atoms with Crippen LogP contribution in [0.5, 0.6) is 0 Å². The average Bonchev–Trinajstić information content (AvgIpc) is 3.16. The van der Waals surface area contributed by atoms with Crippen molar-refractivity contribution in [3.05, 3.63) is 90.3 Å². The third-order valence-corrected chi connectivity index (χ3v) is 3.99. The molecule has 0 atom stereocenters. The SMILES string of the molecule is O=C(c1cnc2ccoc2c1)N(Cc1ccccn1)Cc1ccccn1. The minimum absolute atomic E-state index is 0.146. The van der Waals surface area contributed by atoms with Crippen molar-refractivity contribution in [2.24, 2.45) is 0 Å². The molecule has 4 rings (SSSR count). The number of rotatable bonds is 5. The molecule has 0 spiro atoms. The van der Waals surface area contributed by atoms with Crippen molar-refractivity contribution in [2.75, 3.05) is 0 Å². The Balaban J connectivity index is 1.65. The summed E-state index contributed by atoms with van der Waals surface area (Å²) < 4.78 is 5.37. The van der Waals surface area contributed by atoms with E-state index in [-0.39, 0.29) is 5.91 Å². The van der Waals surface area contributed by atoms with Gasteiger partial charge in [0.1, 0.15) is 5.52 Å². The first-order valence-electron chi connectivity index (χ1n) is 8.22. The number of carbonyl (C=O) groups is 1. The fraction of sp³-hybridized carbons (Fsp3) is 0.100. The molecule has 4 aromatic heterocycles. The number of carbonyl (C=O) groups excluding carboxylic acids is 1. The first-order chi connectivity index (χ1) is 12.8. The van der Waals surface area contributed by atoms with Crippen molar-refractivity contribution in [3.8, 4) is 0 Å². The molecule has 1 amide bonds. The lowest BCUT2D eigenvalue weighted by Crippen LogP contribution is -2.30. The lowest BCUT2D eigenvalue weighted by atomic mass is 10.2. The molecule has 128 valence electrons. The Labute approximate surface area is 150 Å². The van der Waals surface area contributed by atoms with Gasteiger partial charge < -0.3 is 9.32 Å². The Hall–Kier alpha value is -3.54. The summed E-state index contributed by atoms with van der Waals surface area (Å²) in [7, 11) is 0. The molecule has 0 aromatic carbocycles. The van der Waals surface area contributed by atoms with Crippen LogP contribution in [0.3, 0.4) is 0 Å². The number of pyridine rings is 3. The maximum Gasteiger partial charge on any atom is 0.256 e. The highest BCUT2D eigenvalue weighted by molar-refractivity contribution is 5.96. The van der Waals surface area contributed by atoms with E-state index >= 15 is 0 Å². The van der Waals surface area contributed by atoms with Gasteiger partial charge in [0, 0.05) is 24.7 Å². The third-order valence-electron chi connectivity index (χ3n) is 3.99. The summed E-state index contributed by atoms with van der Waals surface area (Å²) in [6.07, 6.45) is 6.57. The summed E-state index contributed by atoms with van der Waals surface area (Å²) >= 11 is 0. The molecule has 4 heterocycles. The van der Waals surface area contributed by atoms with Gasteiger partial charge in [-0.15, -0.1) is 0 Å². The van der Waals surface area contributed by atoms with Gasteiger partial charge in [0.25, 0.3) is 5.91 Å². The van der Waals surface area contributed by atoms with Crippen molar-refractivity contribution in [1.82, 2.24) is 19.9 Å². The van der Waals surface area contributed by atoms with Gasteiger partial charge in [-0.2, -0.15) is 0 Å². The molecule has 0 N–H and O–H groups in total. The molecule has 0 unspecified atom stereocenters. The highest BCUT2D eigenvalue weighted by Gasteiger charge is 2.19. The summed E-state index contributed by atoms with van der Waals surface area (Å²) in [5.41, 5.74) is 3.40. The van der Waals surface area contributed by atoms with Crippen LogP contribution in [-0.4, -0.2) is 25.8 Å². The topological polar surface area (TPSA) is 72.1 Å². The largest absolute Gasteiger partial charge is 0.463 e. The highest BCUT2D eigenvalue weighted by Crippen LogP contribution is 2.17. The van der Waals surface area contributed by atoms with E-state index in [0.717, 1.165) is 16.9 Å². The number of hydrogen-bond donors (Lipinski definition) is 0. The molecule has 4 aromatic rings. The third kappa shape index (κ3) is 3.44. The van der Waals surface area contributed by atoms with E-state index in [0.29, 0.717) is 24.2 Å². The van der Waals surface area contributed by atoms with Crippen LogP contribution in [0.4, 0.5) is 0 Å². The zero-order chi connectivity index (χ0) is 17.8. The number of nitrogens with zero attached hydrogens (tertiary/aromatic N) is 4. The Morgan fingerprint density at radius 2 is 1.62 bits per heavy atom. The van der Waals surface area contributed by atoms with E-state index in [1.165, 1.54) is 0 Å². The number of furan rings is 1. The molecular formula is C20H16N4O2. The van der Waals surface area contributed by atoms with Crippen LogP contribution in [0.25, 0.3) is 11.1 Å². The molecule has 6 nitrogen and oxygen atoms in total. The van der Waals surface area contributed by atoms with E-state index in [1.807, 2.05) is 36.4 Å². The van der Waals surface area contributed by atoms with Crippen LogP contribution in [0.15, 0.2) is 77.8 Å². The second-order valence-electron chi connectivity index (χ2n) is 5.83. The van der Waals surface area contributed by atoms with Crippen LogP contribution in [0.2, 0.25) is 0 Å². The number of amides is 1. The van der Waals surface area contributed by atoms with E-state index in [9.17, 15) is 4.79 Å².